The van der Waals surface area contributed by atoms with Crippen LogP contribution in [-0.4, -0.2) is 40.7 Å². The van der Waals surface area contributed by atoms with Crippen LogP contribution in [0.2, 0.25) is 0 Å². The summed E-state index contributed by atoms with van der Waals surface area (Å²) in [4.78, 5) is 3.96. The molecule has 1 aromatic rings. The van der Waals surface area contributed by atoms with Crippen LogP contribution in [0.4, 0.5) is 0 Å². The van der Waals surface area contributed by atoms with Gasteiger partial charge in [-0.1, -0.05) is 0 Å². The molecular formula is C10H16ClN3O2S. The van der Waals surface area contributed by atoms with Crippen LogP contribution in [0.15, 0.2) is 17.6 Å². The monoisotopic (exact) mass is 277 g/mol. The molecule has 0 aromatic carbocycles. The Morgan fingerprint density at radius 2 is 2.35 bits per heavy atom. The van der Waals surface area contributed by atoms with Crippen LogP contribution in [-0.2, 0) is 16.6 Å². The van der Waals surface area contributed by atoms with Gasteiger partial charge in [0, 0.05) is 31.2 Å². The van der Waals surface area contributed by atoms with Crippen molar-refractivity contribution in [1.82, 2.24) is 13.9 Å². The van der Waals surface area contributed by atoms with Crippen molar-refractivity contribution in [3.05, 3.63) is 12.5 Å². The normalized spacial score (nSPS) is 22.1. The molecule has 0 aliphatic carbocycles. The third kappa shape index (κ3) is 2.34. The number of hydrogen-bond donors (Lipinski definition) is 0. The van der Waals surface area contributed by atoms with E-state index < -0.39 is 10.0 Å². The summed E-state index contributed by atoms with van der Waals surface area (Å²) in [6.45, 7) is 3.19. The molecule has 17 heavy (non-hydrogen) atoms. The first-order valence-electron chi connectivity index (χ1n) is 5.69. The fourth-order valence-electron chi connectivity index (χ4n) is 2.05. The average molecular weight is 278 g/mol. The highest BCUT2D eigenvalue weighted by Gasteiger charge is 2.35. The van der Waals surface area contributed by atoms with Crippen LogP contribution < -0.4 is 0 Å². The second kappa shape index (κ2) is 4.96. The van der Waals surface area contributed by atoms with Crippen molar-refractivity contribution in [3.8, 4) is 0 Å². The first-order chi connectivity index (χ1) is 8.09. The van der Waals surface area contributed by atoms with Crippen LogP contribution >= 0.6 is 11.6 Å². The minimum atomic E-state index is -3.47. The molecule has 1 saturated heterocycles. The zero-order valence-corrected chi connectivity index (χ0v) is 11.3. The average Bonchev–Trinajstić information content (AvgIpc) is 2.97. The Bertz CT molecular complexity index is 485. The van der Waals surface area contributed by atoms with Gasteiger partial charge < -0.3 is 4.57 Å². The van der Waals surface area contributed by atoms with Crippen molar-refractivity contribution in [1.29, 1.82) is 0 Å². The van der Waals surface area contributed by atoms with Gasteiger partial charge in [-0.05, 0) is 19.8 Å². The number of aromatic nitrogens is 2. The Hall–Kier alpha value is -0.590. The number of halogens is 1. The molecule has 1 unspecified atom stereocenters. The summed E-state index contributed by atoms with van der Waals surface area (Å²) < 4.78 is 27.9. The van der Waals surface area contributed by atoms with E-state index in [1.54, 1.807) is 17.1 Å². The highest BCUT2D eigenvalue weighted by Crippen LogP contribution is 2.25. The van der Waals surface area contributed by atoms with Gasteiger partial charge in [0.1, 0.15) is 0 Å². The predicted molar refractivity (Wildman–Crippen MR) is 65.5 cm³/mol. The Morgan fingerprint density at radius 1 is 1.59 bits per heavy atom. The van der Waals surface area contributed by atoms with Gasteiger partial charge in [0.2, 0.25) is 0 Å². The number of sulfonamides is 1. The maximum Gasteiger partial charge on any atom is 0.262 e. The van der Waals surface area contributed by atoms with E-state index in [4.69, 9.17) is 11.6 Å². The molecule has 1 atom stereocenters. The van der Waals surface area contributed by atoms with Crippen LogP contribution in [0.25, 0.3) is 0 Å². The Balaban J connectivity index is 2.29. The number of imidazole rings is 1. The lowest BCUT2D eigenvalue weighted by Crippen LogP contribution is -2.36. The third-order valence-corrected chi connectivity index (χ3v) is 5.24. The Morgan fingerprint density at radius 3 is 2.94 bits per heavy atom. The maximum absolute atomic E-state index is 12.3. The summed E-state index contributed by atoms with van der Waals surface area (Å²) in [5.41, 5.74) is 0. The van der Waals surface area contributed by atoms with Gasteiger partial charge in [0.15, 0.2) is 5.03 Å². The number of rotatable bonds is 4. The Labute approximate surface area is 106 Å². The van der Waals surface area contributed by atoms with E-state index in [1.807, 2.05) is 6.92 Å². The predicted octanol–water partition coefficient (Wildman–Crippen LogP) is 1.29. The molecule has 5 nitrogen and oxygen atoms in total. The summed E-state index contributed by atoms with van der Waals surface area (Å²) in [7, 11) is -3.47. The molecule has 96 valence electrons. The second-order valence-corrected chi connectivity index (χ2v) is 6.25. The first kappa shape index (κ1) is 12.9. The van der Waals surface area contributed by atoms with Gasteiger partial charge in [0.25, 0.3) is 10.0 Å². The van der Waals surface area contributed by atoms with Gasteiger partial charge in [-0.2, -0.15) is 4.31 Å². The summed E-state index contributed by atoms with van der Waals surface area (Å²) in [6, 6.07) is -0.0894. The number of aryl methyl sites for hydroxylation is 1. The molecular weight excluding hydrogens is 262 g/mol. The Kier molecular flexibility index (Phi) is 3.75. The van der Waals surface area contributed by atoms with Crippen LogP contribution in [0, 0.1) is 0 Å². The first-order valence-corrected chi connectivity index (χ1v) is 7.66. The van der Waals surface area contributed by atoms with Crippen molar-refractivity contribution in [2.24, 2.45) is 0 Å². The molecule has 7 heteroatoms. The molecule has 2 heterocycles. The van der Waals surface area contributed by atoms with Crippen molar-refractivity contribution >= 4 is 21.6 Å². The molecule has 0 bridgehead atoms. The van der Waals surface area contributed by atoms with Crippen LogP contribution in [0.5, 0.6) is 0 Å². The van der Waals surface area contributed by atoms with E-state index in [-0.39, 0.29) is 11.1 Å². The quantitative estimate of drug-likeness (QED) is 0.780. The fraction of sp³-hybridized carbons (Fsp3) is 0.700. The van der Waals surface area contributed by atoms with Crippen molar-refractivity contribution < 1.29 is 8.42 Å². The largest absolute Gasteiger partial charge is 0.336 e. The van der Waals surface area contributed by atoms with E-state index in [0.29, 0.717) is 19.0 Å². The summed E-state index contributed by atoms with van der Waals surface area (Å²) in [5.74, 6) is 0.341. The van der Waals surface area contributed by atoms with E-state index in [1.165, 1.54) is 4.31 Å². The molecule has 1 aromatic heterocycles. The van der Waals surface area contributed by atoms with Gasteiger partial charge in [0.05, 0.1) is 6.33 Å². The fourth-order valence-corrected chi connectivity index (χ4v) is 4.08. The zero-order valence-electron chi connectivity index (χ0n) is 9.71. The second-order valence-electron chi connectivity index (χ2n) is 4.11. The zero-order chi connectivity index (χ0) is 12.5. The minimum Gasteiger partial charge on any atom is -0.336 e. The standard InChI is InChI=1S/C10H16ClN3O2S/c1-2-13-7-10(12-8-13)17(15,16)14-5-3-4-9(14)6-11/h7-9H,2-6H2,1H3. The minimum absolute atomic E-state index is 0.0894. The summed E-state index contributed by atoms with van der Waals surface area (Å²) in [5, 5.41) is 0.122. The lowest BCUT2D eigenvalue weighted by atomic mass is 10.3. The van der Waals surface area contributed by atoms with E-state index in [2.05, 4.69) is 4.98 Å². The van der Waals surface area contributed by atoms with Gasteiger partial charge in [-0.15, -0.1) is 11.6 Å². The molecule has 0 spiro atoms. The topological polar surface area (TPSA) is 55.2 Å². The molecule has 0 saturated carbocycles. The molecule has 1 aliphatic rings. The van der Waals surface area contributed by atoms with Gasteiger partial charge >= 0.3 is 0 Å². The van der Waals surface area contributed by atoms with Crippen molar-refractivity contribution in [3.63, 3.8) is 0 Å². The number of hydrogen-bond acceptors (Lipinski definition) is 3. The lowest BCUT2D eigenvalue weighted by Gasteiger charge is -2.20. The lowest BCUT2D eigenvalue weighted by molar-refractivity contribution is 0.409. The van der Waals surface area contributed by atoms with Gasteiger partial charge in [-0.3, -0.25) is 0 Å². The highest BCUT2D eigenvalue weighted by molar-refractivity contribution is 7.89. The SMILES string of the molecule is CCn1cnc(S(=O)(=O)N2CCCC2CCl)c1. The smallest absolute Gasteiger partial charge is 0.262 e. The number of nitrogens with zero attached hydrogens (tertiary/aromatic N) is 3. The van der Waals surface area contributed by atoms with E-state index in [0.717, 1.165) is 12.8 Å². The number of alkyl halides is 1. The summed E-state index contributed by atoms with van der Waals surface area (Å²) >= 11 is 5.80. The molecule has 0 N–H and O–H groups in total. The summed E-state index contributed by atoms with van der Waals surface area (Å²) in [6.07, 6.45) is 4.81. The highest BCUT2D eigenvalue weighted by atomic mass is 35.5. The van der Waals surface area contributed by atoms with Crippen LogP contribution in [0.1, 0.15) is 19.8 Å². The van der Waals surface area contributed by atoms with Crippen LogP contribution in [0.3, 0.4) is 0 Å². The van der Waals surface area contributed by atoms with Crippen molar-refractivity contribution in [2.45, 2.75) is 37.4 Å². The van der Waals surface area contributed by atoms with Crippen molar-refractivity contribution in [2.75, 3.05) is 12.4 Å². The van der Waals surface area contributed by atoms with E-state index >= 15 is 0 Å². The van der Waals surface area contributed by atoms with Gasteiger partial charge in [-0.25, -0.2) is 13.4 Å². The molecule has 0 radical (unpaired) electrons. The molecule has 1 fully saturated rings. The molecule has 0 amide bonds. The maximum atomic E-state index is 12.3. The third-order valence-electron chi connectivity index (χ3n) is 3.05. The molecule has 2 rings (SSSR count). The van der Waals surface area contributed by atoms with E-state index in [9.17, 15) is 8.42 Å². The molecule has 1 aliphatic heterocycles.